The van der Waals surface area contributed by atoms with Crippen molar-refractivity contribution in [3.05, 3.63) is 69.8 Å². The monoisotopic (exact) mass is 601 g/mol. The molecule has 2 amide bonds. The molecular formula is C33H41B2NO8. The fourth-order valence-electron chi connectivity index (χ4n) is 7.37. The molecule has 4 N–H and O–H groups in total. The van der Waals surface area contributed by atoms with E-state index in [4.69, 9.17) is 9.39 Å². The number of imide groups is 1. The highest BCUT2D eigenvalue weighted by Crippen LogP contribution is 2.51. The third-order valence-electron chi connectivity index (χ3n) is 9.24. The van der Waals surface area contributed by atoms with Gasteiger partial charge >= 0.3 is 14.2 Å². The largest absolute Gasteiger partial charge is 0.507 e. The molecule has 2 aliphatic heterocycles. The van der Waals surface area contributed by atoms with Gasteiger partial charge in [-0.2, -0.15) is 0 Å². The SMILES string of the molecule is CCC/C(=C\c1cc(C)c(O)c(C)c1)CC[C@H]1OB(O)C[C@H]2C1=C(COC)C[C@H]1C(=O)N(c3cccc(B(O)O)c3)C(=O)[C@H]12. The van der Waals surface area contributed by atoms with E-state index in [-0.39, 0.29) is 29.5 Å². The van der Waals surface area contributed by atoms with Gasteiger partial charge in [0, 0.05) is 7.11 Å². The summed E-state index contributed by atoms with van der Waals surface area (Å²) < 4.78 is 11.7. The second-order valence-corrected chi connectivity index (χ2v) is 12.3. The maximum absolute atomic E-state index is 14.0. The van der Waals surface area contributed by atoms with Crippen LogP contribution in [0.25, 0.3) is 6.08 Å². The number of methoxy groups -OCH3 is 1. The van der Waals surface area contributed by atoms with E-state index in [2.05, 4.69) is 13.0 Å². The van der Waals surface area contributed by atoms with Crippen LogP contribution in [0.4, 0.5) is 5.69 Å². The molecule has 0 bridgehead atoms. The van der Waals surface area contributed by atoms with Crippen molar-refractivity contribution in [1.82, 2.24) is 0 Å². The molecule has 0 saturated carbocycles. The number of benzene rings is 2. The Morgan fingerprint density at radius 2 is 1.84 bits per heavy atom. The van der Waals surface area contributed by atoms with E-state index in [1.165, 1.54) is 17.7 Å². The number of aromatic hydroxyl groups is 1. The molecule has 0 spiro atoms. The number of ether oxygens (including phenoxy) is 1. The molecule has 44 heavy (non-hydrogen) atoms. The van der Waals surface area contributed by atoms with Crippen LogP contribution in [-0.2, 0) is 19.0 Å². The number of nitrogens with zero attached hydrogens (tertiary/aromatic N) is 1. The highest BCUT2D eigenvalue weighted by Gasteiger charge is 2.57. The molecule has 2 aromatic carbocycles. The third kappa shape index (κ3) is 6.30. The Morgan fingerprint density at radius 3 is 2.50 bits per heavy atom. The molecule has 4 atom stereocenters. The zero-order chi connectivity index (χ0) is 31.7. The number of allylic oxidation sites excluding steroid dienone is 1. The predicted octanol–water partition coefficient (Wildman–Crippen LogP) is 3.30. The Labute approximate surface area is 259 Å². The number of aryl methyl sites for hydroxylation is 2. The van der Waals surface area contributed by atoms with E-state index in [1.54, 1.807) is 19.2 Å². The molecule has 2 fully saturated rings. The number of amides is 2. The molecule has 0 unspecified atom stereocenters. The van der Waals surface area contributed by atoms with E-state index >= 15 is 0 Å². The minimum absolute atomic E-state index is 0.187. The van der Waals surface area contributed by atoms with Crippen LogP contribution in [0.1, 0.15) is 55.7 Å². The Balaban J connectivity index is 1.45. The summed E-state index contributed by atoms with van der Waals surface area (Å²) in [5, 5.41) is 40.4. The summed E-state index contributed by atoms with van der Waals surface area (Å²) in [4.78, 5) is 28.9. The molecule has 0 radical (unpaired) electrons. The fourth-order valence-corrected chi connectivity index (χ4v) is 7.37. The minimum atomic E-state index is -1.73. The van der Waals surface area contributed by atoms with Crippen LogP contribution in [0.3, 0.4) is 0 Å². The number of hydrogen-bond donors (Lipinski definition) is 4. The molecule has 5 rings (SSSR count). The Kier molecular flexibility index (Phi) is 9.82. The molecule has 2 saturated heterocycles. The average Bonchev–Trinajstić information content (AvgIpc) is 3.23. The minimum Gasteiger partial charge on any atom is -0.507 e. The van der Waals surface area contributed by atoms with Crippen LogP contribution in [0.2, 0.25) is 6.32 Å². The first-order valence-corrected chi connectivity index (χ1v) is 15.4. The Bertz CT molecular complexity index is 1460. The number of carbonyl (C=O) groups excluding carboxylic acids is 2. The molecular weight excluding hydrogens is 560 g/mol. The maximum atomic E-state index is 14.0. The standard InChI is InChI=1S/C33H41B2NO8/c1-5-7-21(14-22-12-19(2)31(37)20(3)13-22)10-11-28-29-23(18-43-4)15-26-30(27(29)17-34(40)44-28)33(39)36(32(26)38)25-9-6-8-24(16-25)35(41)42/h6,8-9,12-14,16,26-28,30,37,40-42H,5,7,10-11,15,17-18H2,1-4H3/b21-14+/t26-,27+,28-,30-/m1/s1. The van der Waals surface area contributed by atoms with Gasteiger partial charge in [-0.05, 0) is 109 Å². The fraction of sp³-hybridized carbons (Fsp3) is 0.455. The van der Waals surface area contributed by atoms with E-state index in [0.29, 0.717) is 37.3 Å². The lowest BCUT2D eigenvalue weighted by Gasteiger charge is -2.43. The summed E-state index contributed by atoms with van der Waals surface area (Å²) in [7, 11) is -1.21. The van der Waals surface area contributed by atoms with Crippen LogP contribution in [0.15, 0.2) is 53.1 Å². The van der Waals surface area contributed by atoms with E-state index in [1.807, 2.05) is 26.0 Å². The molecule has 232 valence electrons. The Hall–Kier alpha value is -3.21. The number of carbonyl (C=O) groups is 2. The van der Waals surface area contributed by atoms with E-state index in [0.717, 1.165) is 45.6 Å². The van der Waals surface area contributed by atoms with Crippen molar-refractivity contribution in [2.75, 3.05) is 18.6 Å². The zero-order valence-electron chi connectivity index (χ0n) is 25.8. The van der Waals surface area contributed by atoms with E-state index < -0.39 is 32.2 Å². The predicted molar refractivity (Wildman–Crippen MR) is 170 cm³/mol. The quantitative estimate of drug-likeness (QED) is 0.185. The second kappa shape index (κ2) is 13.4. The average molecular weight is 601 g/mol. The van der Waals surface area contributed by atoms with E-state index in [9.17, 15) is 29.8 Å². The van der Waals surface area contributed by atoms with Crippen molar-refractivity contribution in [2.45, 2.75) is 65.3 Å². The van der Waals surface area contributed by atoms with Gasteiger partial charge in [-0.15, -0.1) is 0 Å². The number of fused-ring (bicyclic) bond motifs is 3. The maximum Gasteiger partial charge on any atom is 0.488 e. The van der Waals surface area contributed by atoms with Gasteiger partial charge in [-0.1, -0.05) is 37.1 Å². The molecule has 3 aliphatic rings. The van der Waals surface area contributed by atoms with Gasteiger partial charge in [-0.25, -0.2) is 0 Å². The topological polar surface area (TPSA) is 137 Å². The summed E-state index contributed by atoms with van der Waals surface area (Å²) >= 11 is 0. The lowest BCUT2D eigenvalue weighted by atomic mass is 9.58. The van der Waals surface area contributed by atoms with Gasteiger partial charge in [-0.3, -0.25) is 14.5 Å². The lowest BCUT2D eigenvalue weighted by molar-refractivity contribution is -0.122. The number of phenols is 1. The highest BCUT2D eigenvalue weighted by atomic mass is 16.5. The third-order valence-corrected chi connectivity index (χ3v) is 9.24. The lowest BCUT2D eigenvalue weighted by Crippen LogP contribution is -2.46. The summed E-state index contributed by atoms with van der Waals surface area (Å²) in [5.41, 5.74) is 6.27. The first-order valence-electron chi connectivity index (χ1n) is 15.4. The van der Waals surface area contributed by atoms with Crippen LogP contribution < -0.4 is 10.4 Å². The van der Waals surface area contributed by atoms with Crippen LogP contribution in [0, 0.1) is 31.6 Å². The molecule has 11 heteroatoms. The van der Waals surface area contributed by atoms with Gasteiger partial charge < -0.3 is 29.6 Å². The number of anilines is 1. The van der Waals surface area contributed by atoms with Crippen molar-refractivity contribution in [1.29, 1.82) is 0 Å². The molecule has 1 aliphatic carbocycles. The van der Waals surface area contributed by atoms with Gasteiger partial charge in [0.2, 0.25) is 11.8 Å². The molecule has 2 heterocycles. The highest BCUT2D eigenvalue weighted by molar-refractivity contribution is 6.58. The second-order valence-electron chi connectivity index (χ2n) is 12.3. The van der Waals surface area contributed by atoms with Gasteiger partial charge in [0.05, 0.1) is 30.2 Å². The number of hydrogen-bond acceptors (Lipinski definition) is 8. The van der Waals surface area contributed by atoms with Crippen molar-refractivity contribution < 1.29 is 39.2 Å². The summed E-state index contributed by atoms with van der Waals surface area (Å²) in [6.07, 6.45) is 5.43. The van der Waals surface area contributed by atoms with Crippen LogP contribution in [-0.4, -0.2) is 66.1 Å². The van der Waals surface area contributed by atoms with Crippen molar-refractivity contribution in [2.24, 2.45) is 17.8 Å². The van der Waals surface area contributed by atoms with Crippen molar-refractivity contribution in [3.8, 4) is 5.75 Å². The first-order chi connectivity index (χ1) is 21.0. The zero-order valence-corrected chi connectivity index (χ0v) is 25.8. The van der Waals surface area contributed by atoms with Gasteiger partial charge in [0.25, 0.3) is 0 Å². The van der Waals surface area contributed by atoms with Crippen LogP contribution >= 0.6 is 0 Å². The van der Waals surface area contributed by atoms with Gasteiger partial charge in [0.1, 0.15) is 5.75 Å². The summed E-state index contributed by atoms with van der Waals surface area (Å²) in [6, 6.07) is 10.1. The van der Waals surface area contributed by atoms with Crippen molar-refractivity contribution in [3.63, 3.8) is 0 Å². The smallest absolute Gasteiger partial charge is 0.488 e. The normalized spacial score (nSPS) is 23.8. The van der Waals surface area contributed by atoms with Crippen molar-refractivity contribution >= 4 is 43.3 Å². The Morgan fingerprint density at radius 1 is 1.11 bits per heavy atom. The number of phenolic OH excluding ortho intramolecular Hbond substituents is 1. The molecule has 9 nitrogen and oxygen atoms in total. The van der Waals surface area contributed by atoms with Gasteiger partial charge in [0.15, 0.2) is 0 Å². The summed E-state index contributed by atoms with van der Waals surface area (Å²) in [5.74, 6) is -2.02. The number of rotatable bonds is 10. The molecule has 2 aromatic rings. The first kappa shape index (κ1) is 32.2. The van der Waals surface area contributed by atoms with Crippen LogP contribution in [0.5, 0.6) is 5.75 Å². The summed E-state index contributed by atoms with van der Waals surface area (Å²) in [6.45, 7) is 6.20. The molecule has 0 aromatic heterocycles.